The van der Waals surface area contributed by atoms with E-state index in [0.717, 1.165) is 11.6 Å². The number of pyridine rings is 2. The van der Waals surface area contributed by atoms with Crippen molar-refractivity contribution in [3.63, 3.8) is 0 Å². The summed E-state index contributed by atoms with van der Waals surface area (Å²) in [4.78, 5) is 29.4. The summed E-state index contributed by atoms with van der Waals surface area (Å²) in [6.07, 6.45) is 1.33. The van der Waals surface area contributed by atoms with Crippen LogP contribution in [0.25, 0.3) is 16.7 Å². The molecule has 0 bridgehead atoms. The maximum absolute atomic E-state index is 14.1. The Labute approximate surface area is 178 Å². The molecule has 0 aliphatic rings. The van der Waals surface area contributed by atoms with Gasteiger partial charge in [0.25, 0.3) is 0 Å². The van der Waals surface area contributed by atoms with Crippen LogP contribution in [0.4, 0.5) is 4.39 Å². The van der Waals surface area contributed by atoms with Crippen molar-refractivity contribution in [3.8, 4) is 11.4 Å². The number of esters is 1. The normalized spacial score (nSPS) is 11.6. The van der Waals surface area contributed by atoms with Crippen LogP contribution in [-0.2, 0) is 10.2 Å². The van der Waals surface area contributed by atoms with E-state index in [1.165, 1.54) is 17.9 Å². The Morgan fingerprint density at radius 1 is 1.30 bits per heavy atom. The fraction of sp³-hybridized carbons (Fsp3) is 0.318. The standard InChI is InChI=1S/C22H22ClFN2O4/c1-6-30-21(28)13-11-26(20-12(17(13)27)10-15(24)19(23)25-20)16-9-7-8-14(18(16)29-5)22(2,3)4/h7-11H,6H2,1-5H3. The van der Waals surface area contributed by atoms with Crippen LogP contribution in [0.15, 0.2) is 35.3 Å². The predicted octanol–water partition coefficient (Wildman–Crippen LogP) is 4.66. The minimum Gasteiger partial charge on any atom is -0.494 e. The molecule has 8 heteroatoms. The Balaban J connectivity index is 2.47. The van der Waals surface area contributed by atoms with Crippen LogP contribution in [0, 0.1) is 5.82 Å². The minimum atomic E-state index is -0.857. The first-order valence-corrected chi connectivity index (χ1v) is 9.74. The molecule has 3 rings (SSSR count). The number of carbonyl (C=O) groups excluding carboxylic acids is 1. The van der Waals surface area contributed by atoms with Crippen molar-refractivity contribution in [2.24, 2.45) is 0 Å². The van der Waals surface area contributed by atoms with Gasteiger partial charge in [-0.15, -0.1) is 0 Å². The number of ether oxygens (including phenoxy) is 2. The summed E-state index contributed by atoms with van der Waals surface area (Å²) in [5, 5.41) is -0.476. The van der Waals surface area contributed by atoms with Crippen molar-refractivity contribution in [1.29, 1.82) is 0 Å². The summed E-state index contributed by atoms with van der Waals surface area (Å²) in [6, 6.07) is 6.50. The predicted molar refractivity (Wildman–Crippen MR) is 114 cm³/mol. The molecule has 1 aromatic carbocycles. The van der Waals surface area contributed by atoms with E-state index in [4.69, 9.17) is 21.1 Å². The van der Waals surface area contributed by atoms with Crippen molar-refractivity contribution in [2.75, 3.05) is 13.7 Å². The Kier molecular flexibility index (Phi) is 5.85. The molecule has 0 amide bonds. The molecular formula is C22H22ClFN2O4. The Hall–Kier alpha value is -2.93. The van der Waals surface area contributed by atoms with Crippen molar-refractivity contribution >= 4 is 28.6 Å². The summed E-state index contributed by atoms with van der Waals surface area (Å²) >= 11 is 5.90. The van der Waals surface area contributed by atoms with E-state index < -0.39 is 17.2 Å². The van der Waals surface area contributed by atoms with Crippen LogP contribution >= 0.6 is 11.6 Å². The highest BCUT2D eigenvalue weighted by Crippen LogP contribution is 2.36. The number of halogens is 2. The average Bonchev–Trinajstić information content (AvgIpc) is 2.68. The number of hydrogen-bond acceptors (Lipinski definition) is 5. The molecule has 0 atom stereocenters. The summed E-state index contributed by atoms with van der Waals surface area (Å²) in [6.45, 7) is 7.83. The van der Waals surface area contributed by atoms with Gasteiger partial charge in [0.05, 0.1) is 24.8 Å². The first kappa shape index (κ1) is 21.8. The molecule has 0 saturated carbocycles. The van der Waals surface area contributed by atoms with E-state index in [9.17, 15) is 14.0 Å². The van der Waals surface area contributed by atoms with Crippen molar-refractivity contribution in [3.05, 3.63) is 62.8 Å². The third kappa shape index (κ3) is 3.77. The average molecular weight is 433 g/mol. The van der Waals surface area contributed by atoms with E-state index in [1.807, 2.05) is 32.9 Å². The van der Waals surface area contributed by atoms with Crippen LogP contribution in [0.2, 0.25) is 5.15 Å². The second-order valence-electron chi connectivity index (χ2n) is 7.70. The fourth-order valence-corrected chi connectivity index (χ4v) is 3.39. The minimum absolute atomic E-state index is 0.0897. The fourth-order valence-electron chi connectivity index (χ4n) is 3.26. The number of methoxy groups -OCH3 is 1. The largest absolute Gasteiger partial charge is 0.494 e. The number of carbonyl (C=O) groups is 1. The summed E-state index contributed by atoms with van der Waals surface area (Å²) in [5.41, 5.74) is 0.349. The molecule has 6 nitrogen and oxygen atoms in total. The van der Waals surface area contributed by atoms with Gasteiger partial charge in [0, 0.05) is 11.8 Å². The molecule has 0 aliphatic heterocycles. The molecular weight excluding hydrogens is 411 g/mol. The van der Waals surface area contributed by atoms with Gasteiger partial charge in [-0.25, -0.2) is 14.2 Å². The van der Waals surface area contributed by atoms with Crippen LogP contribution in [-0.4, -0.2) is 29.2 Å². The molecule has 158 valence electrons. The zero-order chi connectivity index (χ0) is 22.2. The number of rotatable bonds is 4. The first-order chi connectivity index (χ1) is 14.1. The summed E-state index contributed by atoms with van der Waals surface area (Å²) in [7, 11) is 1.53. The SMILES string of the molecule is CCOC(=O)c1cn(-c2cccc(C(C)(C)C)c2OC)c2nc(Cl)c(F)cc2c1=O. The van der Waals surface area contributed by atoms with Crippen LogP contribution < -0.4 is 10.2 Å². The van der Waals surface area contributed by atoms with E-state index in [2.05, 4.69) is 4.98 Å². The van der Waals surface area contributed by atoms with Gasteiger partial charge in [0.15, 0.2) is 16.6 Å². The van der Waals surface area contributed by atoms with Crippen molar-refractivity contribution < 1.29 is 18.7 Å². The highest BCUT2D eigenvalue weighted by Gasteiger charge is 2.25. The quantitative estimate of drug-likeness (QED) is 0.443. The van der Waals surface area contributed by atoms with Gasteiger partial charge in [-0.2, -0.15) is 0 Å². The lowest BCUT2D eigenvalue weighted by Crippen LogP contribution is -2.22. The van der Waals surface area contributed by atoms with Gasteiger partial charge >= 0.3 is 5.97 Å². The van der Waals surface area contributed by atoms with E-state index in [-0.39, 0.29) is 33.8 Å². The van der Waals surface area contributed by atoms with Gasteiger partial charge in [-0.05, 0) is 24.5 Å². The highest BCUT2D eigenvalue weighted by atomic mass is 35.5. The lowest BCUT2D eigenvalue weighted by atomic mass is 9.86. The van der Waals surface area contributed by atoms with E-state index >= 15 is 0 Å². The van der Waals surface area contributed by atoms with Gasteiger partial charge in [-0.3, -0.25) is 9.36 Å². The lowest BCUT2D eigenvalue weighted by molar-refractivity contribution is 0.0524. The zero-order valence-corrected chi connectivity index (χ0v) is 18.1. The van der Waals surface area contributed by atoms with Gasteiger partial charge in [0.2, 0.25) is 5.43 Å². The molecule has 0 unspecified atom stereocenters. The maximum Gasteiger partial charge on any atom is 0.343 e. The third-order valence-corrected chi connectivity index (χ3v) is 4.92. The maximum atomic E-state index is 14.1. The lowest BCUT2D eigenvalue weighted by Gasteiger charge is -2.25. The number of aromatic nitrogens is 2. The van der Waals surface area contributed by atoms with Gasteiger partial charge in [-0.1, -0.05) is 44.5 Å². The molecule has 0 N–H and O–H groups in total. The number of benzene rings is 1. The summed E-state index contributed by atoms with van der Waals surface area (Å²) in [5.74, 6) is -1.13. The van der Waals surface area contributed by atoms with Crippen LogP contribution in [0.1, 0.15) is 43.6 Å². The highest BCUT2D eigenvalue weighted by molar-refractivity contribution is 6.29. The monoisotopic (exact) mass is 432 g/mol. The van der Waals surface area contributed by atoms with Gasteiger partial charge < -0.3 is 9.47 Å². The van der Waals surface area contributed by atoms with Crippen molar-refractivity contribution in [2.45, 2.75) is 33.1 Å². The van der Waals surface area contributed by atoms with E-state index in [0.29, 0.717) is 11.4 Å². The molecule has 3 aromatic rings. The second-order valence-corrected chi connectivity index (χ2v) is 8.06. The second kappa shape index (κ2) is 8.07. The first-order valence-electron chi connectivity index (χ1n) is 9.36. The molecule has 0 radical (unpaired) electrons. The summed E-state index contributed by atoms with van der Waals surface area (Å²) < 4.78 is 26.3. The number of para-hydroxylation sites is 1. The smallest absolute Gasteiger partial charge is 0.343 e. The molecule has 30 heavy (non-hydrogen) atoms. The van der Waals surface area contributed by atoms with Crippen molar-refractivity contribution in [1.82, 2.24) is 9.55 Å². The number of nitrogens with zero attached hydrogens (tertiary/aromatic N) is 2. The number of fused-ring (bicyclic) bond motifs is 1. The zero-order valence-electron chi connectivity index (χ0n) is 17.4. The van der Waals surface area contributed by atoms with Gasteiger partial charge in [0.1, 0.15) is 11.3 Å². The molecule has 0 aliphatic carbocycles. The Morgan fingerprint density at radius 2 is 2.00 bits per heavy atom. The Bertz CT molecular complexity index is 1200. The van der Waals surface area contributed by atoms with Crippen LogP contribution in [0.3, 0.4) is 0 Å². The molecule has 0 spiro atoms. The van der Waals surface area contributed by atoms with Crippen LogP contribution in [0.5, 0.6) is 5.75 Å². The van der Waals surface area contributed by atoms with E-state index in [1.54, 1.807) is 13.0 Å². The topological polar surface area (TPSA) is 70.4 Å². The third-order valence-electron chi connectivity index (χ3n) is 4.65. The Morgan fingerprint density at radius 3 is 2.60 bits per heavy atom. The molecule has 2 aromatic heterocycles. The number of hydrogen-bond donors (Lipinski definition) is 0. The molecule has 0 saturated heterocycles. The molecule has 2 heterocycles. The molecule has 0 fully saturated rings.